The van der Waals surface area contributed by atoms with Crippen molar-refractivity contribution < 1.29 is 0 Å². The first-order valence-electron chi connectivity index (χ1n) is 7.32. The van der Waals surface area contributed by atoms with Crippen molar-refractivity contribution in [3.8, 4) is 11.4 Å². The van der Waals surface area contributed by atoms with Crippen LogP contribution in [0.1, 0.15) is 31.0 Å². The van der Waals surface area contributed by atoms with E-state index >= 15 is 0 Å². The number of fused-ring (bicyclic) bond motifs is 1. The zero-order valence-corrected chi connectivity index (χ0v) is 13.0. The van der Waals surface area contributed by atoms with Gasteiger partial charge in [-0.1, -0.05) is 0 Å². The normalized spacial score (nSPS) is 11.5. The first kappa shape index (κ1) is 13.7. The summed E-state index contributed by atoms with van der Waals surface area (Å²) in [6.07, 6.45) is 0. The highest BCUT2D eigenvalue weighted by molar-refractivity contribution is 5.82. The minimum Gasteiger partial charge on any atom is -0.399 e. The second-order valence-corrected chi connectivity index (χ2v) is 5.95. The fourth-order valence-electron chi connectivity index (χ4n) is 2.71. The summed E-state index contributed by atoms with van der Waals surface area (Å²) in [5.74, 6) is 1.00. The van der Waals surface area contributed by atoms with E-state index in [-0.39, 0.29) is 0 Å². The van der Waals surface area contributed by atoms with Crippen LogP contribution in [-0.2, 0) is 0 Å². The maximum atomic E-state index is 5.79. The number of nitrogen functional groups attached to an aromatic ring is 1. The topological polar surface area (TPSA) is 43.8 Å². The highest BCUT2D eigenvalue weighted by Crippen LogP contribution is 2.30. The Morgan fingerprint density at radius 2 is 1.62 bits per heavy atom. The van der Waals surface area contributed by atoms with E-state index in [0.29, 0.717) is 6.04 Å². The highest BCUT2D eigenvalue weighted by atomic mass is 15.1. The molecule has 1 aromatic heterocycles. The molecule has 21 heavy (non-hydrogen) atoms. The maximum absolute atomic E-state index is 5.79. The van der Waals surface area contributed by atoms with Gasteiger partial charge in [0.15, 0.2) is 0 Å². The summed E-state index contributed by atoms with van der Waals surface area (Å²) < 4.78 is 2.30. The van der Waals surface area contributed by atoms with Crippen molar-refractivity contribution in [2.75, 3.05) is 5.73 Å². The molecular weight excluding hydrogens is 258 g/mol. The van der Waals surface area contributed by atoms with E-state index in [1.807, 2.05) is 24.3 Å². The van der Waals surface area contributed by atoms with Gasteiger partial charge < -0.3 is 10.3 Å². The Kier molecular flexibility index (Phi) is 3.20. The third-order valence-electron chi connectivity index (χ3n) is 3.99. The number of aromatic nitrogens is 2. The summed E-state index contributed by atoms with van der Waals surface area (Å²) in [6, 6.07) is 12.7. The fraction of sp³-hybridized carbons (Fsp3) is 0.278. The highest BCUT2D eigenvalue weighted by Gasteiger charge is 2.15. The number of anilines is 1. The van der Waals surface area contributed by atoms with Crippen molar-refractivity contribution >= 4 is 16.7 Å². The van der Waals surface area contributed by atoms with Crippen LogP contribution in [0.3, 0.4) is 0 Å². The van der Waals surface area contributed by atoms with Gasteiger partial charge in [0.1, 0.15) is 5.82 Å². The summed E-state index contributed by atoms with van der Waals surface area (Å²) in [4.78, 5) is 4.86. The zero-order valence-electron chi connectivity index (χ0n) is 13.0. The minimum atomic E-state index is 0.352. The Morgan fingerprint density at radius 1 is 1.00 bits per heavy atom. The molecule has 0 radical (unpaired) electrons. The van der Waals surface area contributed by atoms with Crippen LogP contribution < -0.4 is 5.73 Å². The third-order valence-corrected chi connectivity index (χ3v) is 3.99. The summed E-state index contributed by atoms with van der Waals surface area (Å²) in [7, 11) is 0. The van der Waals surface area contributed by atoms with Gasteiger partial charge in [-0.05, 0) is 75.2 Å². The Morgan fingerprint density at radius 3 is 2.24 bits per heavy atom. The Balaban J connectivity index is 2.31. The van der Waals surface area contributed by atoms with Crippen molar-refractivity contribution in [2.24, 2.45) is 0 Å². The molecule has 0 unspecified atom stereocenters. The number of aryl methyl sites for hydroxylation is 2. The molecule has 3 nitrogen and oxygen atoms in total. The average molecular weight is 279 g/mol. The van der Waals surface area contributed by atoms with Gasteiger partial charge in [-0.2, -0.15) is 0 Å². The first-order valence-corrected chi connectivity index (χ1v) is 7.32. The molecule has 3 aromatic rings. The smallest absolute Gasteiger partial charge is 0.141 e. The van der Waals surface area contributed by atoms with Gasteiger partial charge in [0.2, 0.25) is 0 Å². The lowest BCUT2D eigenvalue weighted by Gasteiger charge is -2.13. The van der Waals surface area contributed by atoms with Crippen LogP contribution in [0.25, 0.3) is 22.4 Å². The fourth-order valence-corrected chi connectivity index (χ4v) is 2.71. The first-order chi connectivity index (χ1) is 9.97. The van der Waals surface area contributed by atoms with Gasteiger partial charge in [-0.3, -0.25) is 0 Å². The van der Waals surface area contributed by atoms with Gasteiger partial charge in [-0.25, -0.2) is 4.98 Å². The van der Waals surface area contributed by atoms with E-state index in [1.54, 1.807) is 0 Å². The third kappa shape index (κ3) is 2.29. The predicted octanol–water partition coefficient (Wildman–Crippen LogP) is 4.48. The van der Waals surface area contributed by atoms with E-state index < -0.39 is 0 Å². The molecule has 3 heteroatoms. The number of nitrogens with zero attached hydrogens (tertiary/aromatic N) is 2. The maximum Gasteiger partial charge on any atom is 0.141 e. The SMILES string of the molecule is Cc1cc2nc(-c3ccc(N)cc3)n(C(C)C)c2cc1C. The van der Waals surface area contributed by atoms with Crippen molar-refractivity contribution in [1.82, 2.24) is 9.55 Å². The van der Waals surface area contributed by atoms with Crippen LogP contribution in [0, 0.1) is 13.8 Å². The van der Waals surface area contributed by atoms with Crippen LogP contribution in [0.15, 0.2) is 36.4 Å². The number of hydrogen-bond acceptors (Lipinski definition) is 2. The monoisotopic (exact) mass is 279 g/mol. The van der Waals surface area contributed by atoms with Crippen LogP contribution in [-0.4, -0.2) is 9.55 Å². The van der Waals surface area contributed by atoms with Crippen LogP contribution in [0.4, 0.5) is 5.69 Å². The molecule has 2 N–H and O–H groups in total. The molecule has 0 spiro atoms. The van der Waals surface area contributed by atoms with Crippen LogP contribution in [0.5, 0.6) is 0 Å². The predicted molar refractivity (Wildman–Crippen MR) is 89.4 cm³/mol. The van der Waals surface area contributed by atoms with E-state index in [9.17, 15) is 0 Å². The standard InChI is InChI=1S/C18H21N3/c1-11(2)21-17-10-13(4)12(3)9-16(17)20-18(21)14-5-7-15(19)8-6-14/h5-11H,19H2,1-4H3. The molecule has 0 atom stereocenters. The molecule has 0 bridgehead atoms. The number of nitrogens with two attached hydrogens (primary N) is 1. The lowest BCUT2D eigenvalue weighted by Crippen LogP contribution is -2.03. The second kappa shape index (κ2) is 4.92. The Hall–Kier alpha value is -2.29. The second-order valence-electron chi connectivity index (χ2n) is 5.95. The molecule has 0 aliphatic carbocycles. The molecule has 0 saturated carbocycles. The minimum absolute atomic E-state index is 0.352. The van der Waals surface area contributed by atoms with E-state index in [4.69, 9.17) is 10.7 Å². The molecule has 0 fully saturated rings. The largest absolute Gasteiger partial charge is 0.399 e. The summed E-state index contributed by atoms with van der Waals surface area (Å²) in [6.45, 7) is 8.66. The van der Waals surface area contributed by atoms with Crippen molar-refractivity contribution in [3.05, 3.63) is 47.5 Å². The molecule has 0 amide bonds. The number of rotatable bonds is 2. The van der Waals surface area contributed by atoms with Gasteiger partial charge >= 0.3 is 0 Å². The van der Waals surface area contributed by atoms with Crippen LogP contribution in [0.2, 0.25) is 0 Å². The molecule has 108 valence electrons. The van der Waals surface area contributed by atoms with Crippen molar-refractivity contribution in [1.29, 1.82) is 0 Å². The molecule has 0 aliphatic rings. The van der Waals surface area contributed by atoms with Gasteiger partial charge in [-0.15, -0.1) is 0 Å². The molecule has 2 aromatic carbocycles. The lowest BCUT2D eigenvalue weighted by atomic mass is 10.1. The molecule has 0 aliphatic heterocycles. The van der Waals surface area contributed by atoms with E-state index in [0.717, 1.165) is 22.6 Å². The number of benzene rings is 2. The average Bonchev–Trinajstić information content (AvgIpc) is 2.78. The number of imidazole rings is 1. The molecule has 0 saturated heterocycles. The lowest BCUT2D eigenvalue weighted by molar-refractivity contribution is 0.624. The Bertz CT molecular complexity index is 795. The molecule has 3 rings (SSSR count). The van der Waals surface area contributed by atoms with Gasteiger partial charge in [0.05, 0.1) is 11.0 Å². The zero-order chi connectivity index (χ0) is 15.1. The van der Waals surface area contributed by atoms with Crippen LogP contribution >= 0.6 is 0 Å². The summed E-state index contributed by atoms with van der Waals surface area (Å²) in [5, 5.41) is 0. The quantitative estimate of drug-likeness (QED) is 0.703. The Labute approximate surface area is 125 Å². The van der Waals surface area contributed by atoms with Crippen molar-refractivity contribution in [3.63, 3.8) is 0 Å². The number of hydrogen-bond donors (Lipinski definition) is 1. The van der Waals surface area contributed by atoms with E-state index in [2.05, 4.69) is 44.4 Å². The summed E-state index contributed by atoms with van der Waals surface area (Å²) >= 11 is 0. The van der Waals surface area contributed by atoms with Gasteiger partial charge in [0, 0.05) is 17.3 Å². The van der Waals surface area contributed by atoms with Gasteiger partial charge in [0.25, 0.3) is 0 Å². The van der Waals surface area contributed by atoms with E-state index in [1.165, 1.54) is 16.6 Å². The molecule has 1 heterocycles. The molecular formula is C18H21N3. The van der Waals surface area contributed by atoms with Crippen molar-refractivity contribution in [2.45, 2.75) is 33.7 Å². The summed E-state index contributed by atoms with van der Waals surface area (Å²) in [5.41, 5.74) is 12.5.